The summed E-state index contributed by atoms with van der Waals surface area (Å²) in [5.41, 5.74) is 0. The van der Waals surface area contributed by atoms with Crippen LogP contribution in [0.15, 0.2) is 0 Å². The summed E-state index contributed by atoms with van der Waals surface area (Å²) in [5.74, 6) is -0.208. The minimum absolute atomic E-state index is 0.0791. The number of nitrogens with one attached hydrogen (secondary N) is 2. The van der Waals surface area contributed by atoms with Crippen LogP contribution < -0.4 is 10.6 Å². The first-order chi connectivity index (χ1) is 9.15. The zero-order valence-corrected chi connectivity index (χ0v) is 11.2. The van der Waals surface area contributed by atoms with Gasteiger partial charge in [-0.2, -0.15) is 0 Å². The number of carbonyl (C=O) groups is 2. The molecule has 3 N–H and O–H groups in total. The lowest BCUT2D eigenvalue weighted by atomic mass is 10.1. The van der Waals surface area contributed by atoms with Crippen LogP contribution >= 0.6 is 0 Å². The molecule has 0 radical (unpaired) electrons. The Labute approximate surface area is 113 Å². The monoisotopic (exact) mass is 269 g/mol. The highest BCUT2D eigenvalue weighted by Gasteiger charge is 2.24. The third-order valence-corrected chi connectivity index (χ3v) is 3.72. The van der Waals surface area contributed by atoms with Crippen LogP contribution in [0.3, 0.4) is 0 Å². The number of hydrogen-bond acceptors (Lipinski definition) is 4. The van der Waals surface area contributed by atoms with Crippen LogP contribution in [-0.4, -0.2) is 60.1 Å². The topological polar surface area (TPSA) is 81.7 Å². The molecule has 6 heteroatoms. The first kappa shape index (κ1) is 14.3. The van der Waals surface area contributed by atoms with Crippen LogP contribution in [0.1, 0.15) is 32.1 Å². The van der Waals surface area contributed by atoms with Crippen molar-refractivity contribution in [3.63, 3.8) is 0 Å². The van der Waals surface area contributed by atoms with E-state index in [2.05, 4.69) is 10.6 Å². The van der Waals surface area contributed by atoms with Gasteiger partial charge in [0, 0.05) is 13.1 Å². The molecule has 0 aromatic rings. The van der Waals surface area contributed by atoms with Crippen LogP contribution in [0.2, 0.25) is 0 Å². The molecule has 2 rings (SSSR count). The van der Waals surface area contributed by atoms with Gasteiger partial charge in [-0.15, -0.1) is 0 Å². The van der Waals surface area contributed by atoms with Crippen LogP contribution in [0.5, 0.6) is 0 Å². The molecule has 0 bridgehead atoms. The summed E-state index contributed by atoms with van der Waals surface area (Å²) in [4.78, 5) is 25.6. The second-order valence-corrected chi connectivity index (χ2v) is 5.44. The van der Waals surface area contributed by atoms with E-state index in [1.54, 1.807) is 0 Å². The van der Waals surface area contributed by atoms with E-state index >= 15 is 0 Å². The van der Waals surface area contributed by atoms with Crippen molar-refractivity contribution in [2.24, 2.45) is 0 Å². The van der Waals surface area contributed by atoms with Crippen molar-refractivity contribution in [1.82, 2.24) is 15.5 Å². The number of rotatable bonds is 3. The molecule has 6 nitrogen and oxygen atoms in total. The fraction of sp³-hybridized carbons (Fsp3) is 0.846. The van der Waals surface area contributed by atoms with Crippen molar-refractivity contribution < 1.29 is 14.7 Å². The Morgan fingerprint density at radius 1 is 1.37 bits per heavy atom. The summed E-state index contributed by atoms with van der Waals surface area (Å²) in [6, 6.07) is -0.398. The highest BCUT2D eigenvalue weighted by molar-refractivity contribution is 5.88. The summed E-state index contributed by atoms with van der Waals surface area (Å²) in [6.07, 6.45) is 4.02. The van der Waals surface area contributed by atoms with Gasteiger partial charge >= 0.3 is 0 Å². The van der Waals surface area contributed by atoms with Gasteiger partial charge in [0.1, 0.15) is 6.04 Å². The van der Waals surface area contributed by atoms with E-state index in [9.17, 15) is 14.7 Å². The van der Waals surface area contributed by atoms with Gasteiger partial charge in [-0.1, -0.05) is 0 Å². The molecular formula is C13H23N3O3. The standard InChI is InChI=1S/C13H23N3O3/c17-10-4-3-7-16(8-10)9-12(18)15-11-5-1-2-6-14-13(11)19/h10-11,17H,1-9H2,(H,14,19)(H,15,18). The highest BCUT2D eigenvalue weighted by atomic mass is 16.3. The maximum Gasteiger partial charge on any atom is 0.242 e. The molecule has 108 valence electrons. The average Bonchev–Trinajstić information content (AvgIpc) is 2.55. The Balaban J connectivity index is 1.78. The lowest BCUT2D eigenvalue weighted by Gasteiger charge is -2.29. The molecule has 2 heterocycles. The third kappa shape index (κ3) is 4.47. The molecule has 2 unspecified atom stereocenters. The molecule has 0 aromatic heterocycles. The lowest BCUT2D eigenvalue weighted by molar-refractivity contribution is -0.129. The van der Waals surface area contributed by atoms with Gasteiger partial charge in [0.15, 0.2) is 0 Å². The average molecular weight is 269 g/mol. The summed E-state index contributed by atoms with van der Waals surface area (Å²) in [6.45, 7) is 2.34. The highest BCUT2D eigenvalue weighted by Crippen LogP contribution is 2.09. The quantitative estimate of drug-likeness (QED) is 0.628. The molecule has 2 aliphatic heterocycles. The van der Waals surface area contributed by atoms with Crippen molar-refractivity contribution in [2.75, 3.05) is 26.2 Å². The molecule has 2 aliphatic rings. The normalized spacial score (nSPS) is 29.4. The van der Waals surface area contributed by atoms with Gasteiger partial charge < -0.3 is 15.7 Å². The maximum absolute atomic E-state index is 11.9. The fourth-order valence-corrected chi connectivity index (χ4v) is 2.69. The number of nitrogens with zero attached hydrogens (tertiary/aromatic N) is 1. The molecule has 2 saturated heterocycles. The first-order valence-corrected chi connectivity index (χ1v) is 7.12. The van der Waals surface area contributed by atoms with Crippen molar-refractivity contribution in [2.45, 2.75) is 44.2 Å². The predicted molar refractivity (Wildman–Crippen MR) is 70.5 cm³/mol. The minimum atomic E-state index is -0.398. The summed E-state index contributed by atoms with van der Waals surface area (Å²) >= 11 is 0. The Morgan fingerprint density at radius 2 is 2.21 bits per heavy atom. The molecule has 0 aliphatic carbocycles. The van der Waals surface area contributed by atoms with Gasteiger partial charge in [-0.25, -0.2) is 0 Å². The molecular weight excluding hydrogens is 246 g/mol. The zero-order valence-electron chi connectivity index (χ0n) is 11.2. The van der Waals surface area contributed by atoms with E-state index in [1.807, 2.05) is 4.90 Å². The molecule has 2 amide bonds. The van der Waals surface area contributed by atoms with Gasteiger partial charge in [0.2, 0.25) is 11.8 Å². The fourth-order valence-electron chi connectivity index (χ4n) is 2.69. The van der Waals surface area contributed by atoms with Crippen LogP contribution in [0.4, 0.5) is 0 Å². The zero-order chi connectivity index (χ0) is 13.7. The molecule has 2 atom stereocenters. The number of hydrogen-bond donors (Lipinski definition) is 3. The third-order valence-electron chi connectivity index (χ3n) is 3.72. The number of piperidine rings is 1. The van der Waals surface area contributed by atoms with Crippen LogP contribution in [-0.2, 0) is 9.59 Å². The second kappa shape index (κ2) is 6.86. The van der Waals surface area contributed by atoms with Crippen LogP contribution in [0, 0.1) is 0 Å². The molecule has 0 saturated carbocycles. The Morgan fingerprint density at radius 3 is 3.00 bits per heavy atom. The first-order valence-electron chi connectivity index (χ1n) is 7.12. The van der Waals surface area contributed by atoms with Gasteiger partial charge in [-0.05, 0) is 38.6 Å². The van der Waals surface area contributed by atoms with Crippen molar-refractivity contribution in [3.05, 3.63) is 0 Å². The minimum Gasteiger partial charge on any atom is -0.392 e. The molecule has 19 heavy (non-hydrogen) atoms. The predicted octanol–water partition coefficient (Wildman–Crippen LogP) is -0.772. The van der Waals surface area contributed by atoms with Crippen molar-refractivity contribution in [1.29, 1.82) is 0 Å². The molecule has 0 spiro atoms. The second-order valence-electron chi connectivity index (χ2n) is 5.44. The maximum atomic E-state index is 11.9. The summed E-state index contributed by atoms with van der Waals surface area (Å²) in [5, 5.41) is 15.2. The Kier molecular flexibility index (Phi) is 5.15. The number of amides is 2. The van der Waals surface area contributed by atoms with E-state index in [4.69, 9.17) is 0 Å². The van der Waals surface area contributed by atoms with E-state index in [0.717, 1.165) is 32.2 Å². The van der Waals surface area contributed by atoms with Gasteiger partial charge in [-0.3, -0.25) is 14.5 Å². The van der Waals surface area contributed by atoms with E-state index in [0.29, 0.717) is 19.5 Å². The number of carbonyl (C=O) groups excluding carboxylic acids is 2. The van der Waals surface area contributed by atoms with Gasteiger partial charge in [0.25, 0.3) is 0 Å². The Hall–Kier alpha value is -1.14. The summed E-state index contributed by atoms with van der Waals surface area (Å²) < 4.78 is 0. The van der Waals surface area contributed by atoms with Gasteiger partial charge in [0.05, 0.1) is 12.6 Å². The number of aliphatic hydroxyl groups excluding tert-OH is 1. The van der Waals surface area contributed by atoms with Crippen molar-refractivity contribution in [3.8, 4) is 0 Å². The van der Waals surface area contributed by atoms with E-state index in [1.165, 1.54) is 0 Å². The number of likely N-dealkylation sites (tertiary alicyclic amines) is 1. The van der Waals surface area contributed by atoms with E-state index < -0.39 is 6.04 Å². The largest absolute Gasteiger partial charge is 0.392 e. The number of β-amino-alcohol motifs (C(OH)–C–C–N with tert-alkyl or cyclic N) is 1. The lowest BCUT2D eigenvalue weighted by Crippen LogP contribution is -2.50. The molecule has 0 aromatic carbocycles. The Bertz CT molecular complexity index is 335. The van der Waals surface area contributed by atoms with Crippen LogP contribution in [0.25, 0.3) is 0 Å². The number of aliphatic hydroxyl groups is 1. The molecule has 2 fully saturated rings. The van der Waals surface area contributed by atoms with Crippen molar-refractivity contribution >= 4 is 11.8 Å². The summed E-state index contributed by atoms with van der Waals surface area (Å²) in [7, 11) is 0. The van der Waals surface area contributed by atoms with E-state index in [-0.39, 0.29) is 24.5 Å². The SMILES string of the molecule is O=C(CN1CCCC(O)C1)NC1CCCCNC1=O. The smallest absolute Gasteiger partial charge is 0.242 e.